The van der Waals surface area contributed by atoms with Crippen LogP contribution in [-0.4, -0.2) is 5.91 Å². The molecule has 0 spiro atoms. The number of hydrogen-bond acceptors (Lipinski definition) is 1. The number of carbonyl (C=O) groups excluding carboxylic acids is 1. The lowest BCUT2D eigenvalue weighted by molar-refractivity contribution is -0.114. The van der Waals surface area contributed by atoms with Crippen molar-refractivity contribution < 1.29 is 4.79 Å². The second-order valence-corrected chi connectivity index (χ2v) is 3.30. The molecule has 0 unspecified atom stereocenters. The summed E-state index contributed by atoms with van der Waals surface area (Å²) in [7, 11) is 0. The molecule has 1 rings (SSSR count). The maximum atomic E-state index is 10.5. The molecule has 0 aromatic rings. The molecule has 0 heterocycles. The van der Waals surface area contributed by atoms with Crippen molar-refractivity contribution in [2.45, 2.75) is 32.1 Å². The molecule has 0 atom stereocenters. The molecule has 1 saturated carbocycles. The maximum Gasteiger partial charge on any atom is 0.244 e. The number of hydrogen-bond donors (Lipinski definition) is 1. The first kappa shape index (κ1) is 8.31. The predicted octanol–water partition coefficient (Wildman–Crippen LogP) is 1.61. The van der Waals surface area contributed by atoms with Gasteiger partial charge in [0.15, 0.2) is 0 Å². The fourth-order valence-electron chi connectivity index (χ4n) is 1.13. The SMILES string of the molecule is C=C(CCCC1CC1)C(N)=O. The van der Waals surface area contributed by atoms with Crippen LogP contribution in [0, 0.1) is 5.92 Å². The van der Waals surface area contributed by atoms with E-state index in [0.717, 1.165) is 18.8 Å². The standard InChI is InChI=1S/C9H15NO/c1-7(9(10)11)3-2-4-8-5-6-8/h8H,1-6H2,(H2,10,11). The van der Waals surface area contributed by atoms with Crippen LogP contribution >= 0.6 is 0 Å². The number of amides is 1. The Labute approximate surface area is 67.5 Å². The molecule has 1 aliphatic carbocycles. The third-order valence-electron chi connectivity index (χ3n) is 2.14. The maximum absolute atomic E-state index is 10.5. The molecule has 11 heavy (non-hydrogen) atoms. The summed E-state index contributed by atoms with van der Waals surface area (Å²) in [5.74, 6) is 0.594. The Bertz CT molecular complexity index is 170. The summed E-state index contributed by atoms with van der Waals surface area (Å²) in [6, 6.07) is 0. The number of primary amides is 1. The van der Waals surface area contributed by atoms with Crippen LogP contribution in [0.25, 0.3) is 0 Å². The first-order chi connectivity index (χ1) is 5.20. The Morgan fingerprint density at radius 2 is 2.18 bits per heavy atom. The van der Waals surface area contributed by atoms with E-state index in [-0.39, 0.29) is 5.91 Å². The van der Waals surface area contributed by atoms with E-state index in [1.54, 1.807) is 0 Å². The zero-order valence-corrected chi connectivity index (χ0v) is 6.81. The number of nitrogens with two attached hydrogens (primary N) is 1. The van der Waals surface area contributed by atoms with Crippen LogP contribution in [0.4, 0.5) is 0 Å². The van der Waals surface area contributed by atoms with Gasteiger partial charge in [-0.25, -0.2) is 0 Å². The number of carbonyl (C=O) groups is 1. The van der Waals surface area contributed by atoms with Gasteiger partial charge in [-0.1, -0.05) is 25.8 Å². The van der Waals surface area contributed by atoms with Crippen molar-refractivity contribution in [2.24, 2.45) is 11.7 Å². The predicted molar refractivity (Wildman–Crippen MR) is 44.9 cm³/mol. The monoisotopic (exact) mass is 153 g/mol. The molecule has 1 aliphatic rings. The highest BCUT2D eigenvalue weighted by Crippen LogP contribution is 2.34. The molecule has 62 valence electrons. The lowest BCUT2D eigenvalue weighted by Gasteiger charge is -1.99. The highest BCUT2D eigenvalue weighted by Gasteiger charge is 2.20. The molecule has 0 radical (unpaired) electrons. The molecule has 0 saturated heterocycles. The van der Waals surface area contributed by atoms with Gasteiger partial charge in [-0.15, -0.1) is 0 Å². The van der Waals surface area contributed by atoms with Gasteiger partial charge in [0.05, 0.1) is 0 Å². The van der Waals surface area contributed by atoms with Crippen molar-refractivity contribution in [3.05, 3.63) is 12.2 Å². The van der Waals surface area contributed by atoms with Crippen molar-refractivity contribution in [1.29, 1.82) is 0 Å². The quantitative estimate of drug-likeness (QED) is 0.599. The molecule has 0 bridgehead atoms. The van der Waals surface area contributed by atoms with Crippen molar-refractivity contribution in [1.82, 2.24) is 0 Å². The van der Waals surface area contributed by atoms with E-state index in [9.17, 15) is 4.79 Å². The zero-order valence-electron chi connectivity index (χ0n) is 6.81. The second kappa shape index (κ2) is 3.56. The average molecular weight is 153 g/mol. The van der Waals surface area contributed by atoms with Crippen molar-refractivity contribution in [3.8, 4) is 0 Å². The second-order valence-electron chi connectivity index (χ2n) is 3.30. The third kappa shape index (κ3) is 3.21. The van der Waals surface area contributed by atoms with Gasteiger partial charge in [-0.05, 0) is 18.8 Å². The normalized spacial score (nSPS) is 16.4. The Balaban J connectivity index is 2.01. The van der Waals surface area contributed by atoms with E-state index in [4.69, 9.17) is 5.73 Å². The Kier molecular flexibility index (Phi) is 2.69. The molecular weight excluding hydrogens is 138 g/mol. The Hall–Kier alpha value is -0.790. The van der Waals surface area contributed by atoms with E-state index in [0.29, 0.717) is 5.57 Å². The minimum Gasteiger partial charge on any atom is -0.366 e. The third-order valence-corrected chi connectivity index (χ3v) is 2.14. The lowest BCUT2D eigenvalue weighted by Crippen LogP contribution is -2.12. The van der Waals surface area contributed by atoms with Crippen molar-refractivity contribution in [3.63, 3.8) is 0 Å². The number of rotatable bonds is 5. The van der Waals surface area contributed by atoms with E-state index >= 15 is 0 Å². The molecule has 2 N–H and O–H groups in total. The summed E-state index contributed by atoms with van der Waals surface area (Å²) in [6.45, 7) is 3.60. The topological polar surface area (TPSA) is 43.1 Å². The molecule has 2 nitrogen and oxygen atoms in total. The molecule has 0 aromatic heterocycles. The van der Waals surface area contributed by atoms with Gasteiger partial charge < -0.3 is 5.73 Å². The van der Waals surface area contributed by atoms with Gasteiger partial charge in [-0.2, -0.15) is 0 Å². The van der Waals surface area contributed by atoms with Crippen LogP contribution in [0.3, 0.4) is 0 Å². The van der Waals surface area contributed by atoms with Crippen LogP contribution in [0.5, 0.6) is 0 Å². The summed E-state index contributed by atoms with van der Waals surface area (Å²) >= 11 is 0. The summed E-state index contributed by atoms with van der Waals surface area (Å²) in [6.07, 6.45) is 5.86. The Morgan fingerprint density at radius 3 is 2.64 bits per heavy atom. The summed E-state index contributed by atoms with van der Waals surface area (Å²) < 4.78 is 0. The van der Waals surface area contributed by atoms with E-state index in [1.165, 1.54) is 19.3 Å². The molecular formula is C9H15NO. The van der Waals surface area contributed by atoms with Gasteiger partial charge >= 0.3 is 0 Å². The minimum atomic E-state index is -0.346. The highest BCUT2D eigenvalue weighted by atomic mass is 16.1. The molecule has 2 heteroatoms. The van der Waals surface area contributed by atoms with Crippen LogP contribution < -0.4 is 5.73 Å². The summed E-state index contributed by atoms with van der Waals surface area (Å²) in [4.78, 5) is 10.5. The Morgan fingerprint density at radius 1 is 1.55 bits per heavy atom. The van der Waals surface area contributed by atoms with Gasteiger partial charge in [-0.3, -0.25) is 4.79 Å². The minimum absolute atomic E-state index is 0.346. The zero-order chi connectivity index (χ0) is 8.27. The van der Waals surface area contributed by atoms with Gasteiger partial charge in [0, 0.05) is 5.57 Å². The highest BCUT2D eigenvalue weighted by molar-refractivity contribution is 5.91. The van der Waals surface area contributed by atoms with Crippen LogP contribution in [0.1, 0.15) is 32.1 Å². The van der Waals surface area contributed by atoms with Crippen LogP contribution in [0.15, 0.2) is 12.2 Å². The smallest absolute Gasteiger partial charge is 0.244 e. The summed E-state index contributed by atoms with van der Waals surface area (Å²) in [5, 5.41) is 0. The van der Waals surface area contributed by atoms with Gasteiger partial charge in [0.1, 0.15) is 0 Å². The van der Waals surface area contributed by atoms with Gasteiger partial charge in [0.25, 0.3) is 0 Å². The van der Waals surface area contributed by atoms with E-state index < -0.39 is 0 Å². The average Bonchev–Trinajstić information content (AvgIpc) is 2.71. The fourth-order valence-corrected chi connectivity index (χ4v) is 1.13. The van der Waals surface area contributed by atoms with E-state index in [2.05, 4.69) is 6.58 Å². The summed E-state index contributed by atoms with van der Waals surface area (Å²) in [5.41, 5.74) is 5.60. The largest absolute Gasteiger partial charge is 0.366 e. The molecule has 0 aliphatic heterocycles. The first-order valence-corrected chi connectivity index (χ1v) is 4.17. The lowest BCUT2D eigenvalue weighted by atomic mass is 10.1. The molecule has 1 amide bonds. The molecule has 1 fully saturated rings. The van der Waals surface area contributed by atoms with Crippen molar-refractivity contribution in [2.75, 3.05) is 0 Å². The fraction of sp³-hybridized carbons (Fsp3) is 0.667. The van der Waals surface area contributed by atoms with E-state index in [1.807, 2.05) is 0 Å². The van der Waals surface area contributed by atoms with Gasteiger partial charge in [0.2, 0.25) is 5.91 Å². The molecule has 0 aromatic carbocycles. The first-order valence-electron chi connectivity index (χ1n) is 4.17. The van der Waals surface area contributed by atoms with Crippen molar-refractivity contribution >= 4 is 5.91 Å². The van der Waals surface area contributed by atoms with Crippen LogP contribution in [0.2, 0.25) is 0 Å². The van der Waals surface area contributed by atoms with Crippen LogP contribution in [-0.2, 0) is 4.79 Å².